The zero-order valence-electron chi connectivity index (χ0n) is 8.20. The second kappa shape index (κ2) is 2.94. The Hall–Kier alpha value is -1.11. The van der Waals surface area contributed by atoms with Crippen molar-refractivity contribution >= 4 is 5.78 Å². The number of Topliss-reactive ketones (excluding diaryl/α,β-unsaturated/α-hetero) is 1. The van der Waals surface area contributed by atoms with Crippen molar-refractivity contribution in [3.05, 3.63) is 35.4 Å². The summed E-state index contributed by atoms with van der Waals surface area (Å²) in [5, 5.41) is 0. The Morgan fingerprint density at radius 1 is 1.07 bits per heavy atom. The van der Waals surface area contributed by atoms with Crippen molar-refractivity contribution in [2.75, 3.05) is 0 Å². The summed E-state index contributed by atoms with van der Waals surface area (Å²) < 4.78 is 0. The summed E-state index contributed by atoms with van der Waals surface area (Å²) in [7, 11) is 0. The van der Waals surface area contributed by atoms with Gasteiger partial charge in [0, 0.05) is 12.3 Å². The zero-order valence-corrected chi connectivity index (χ0v) is 8.20. The minimum absolute atomic E-state index is 0.250. The van der Waals surface area contributed by atoms with Crippen molar-refractivity contribution in [2.45, 2.75) is 31.6 Å². The molecule has 0 N–H and O–H groups in total. The molecule has 0 heterocycles. The van der Waals surface area contributed by atoms with E-state index in [1.54, 1.807) is 0 Å². The number of ketones is 1. The van der Waals surface area contributed by atoms with E-state index in [2.05, 4.69) is 24.3 Å². The number of carbonyl (C=O) groups excluding carboxylic acids is 1. The van der Waals surface area contributed by atoms with Crippen LogP contribution < -0.4 is 0 Å². The maximum Gasteiger partial charge on any atom is 0.140 e. The maximum absolute atomic E-state index is 11.8. The average molecular weight is 186 g/mol. The first-order valence-corrected chi connectivity index (χ1v) is 5.47. The number of fused-ring (bicyclic) bond motifs is 3. The molecule has 0 radical (unpaired) electrons. The fourth-order valence-electron chi connectivity index (χ4n) is 3.06. The molecule has 1 aromatic carbocycles. The Morgan fingerprint density at radius 3 is 2.79 bits per heavy atom. The fraction of sp³-hybridized carbons (Fsp3) is 0.462. The van der Waals surface area contributed by atoms with Gasteiger partial charge in [-0.25, -0.2) is 0 Å². The molecule has 72 valence electrons. The highest BCUT2D eigenvalue weighted by Gasteiger charge is 2.38. The Kier molecular flexibility index (Phi) is 1.73. The van der Waals surface area contributed by atoms with E-state index >= 15 is 0 Å². The van der Waals surface area contributed by atoms with E-state index in [1.807, 2.05) is 0 Å². The Balaban J connectivity index is 2.11. The average Bonchev–Trinajstić information content (AvgIpc) is 2.61. The number of aryl methyl sites for hydroxylation is 1. The van der Waals surface area contributed by atoms with Crippen LogP contribution in [0.15, 0.2) is 24.3 Å². The molecule has 14 heavy (non-hydrogen) atoms. The van der Waals surface area contributed by atoms with Crippen LogP contribution in [0.25, 0.3) is 0 Å². The number of carbonyl (C=O) groups is 1. The second-order valence-electron chi connectivity index (χ2n) is 4.48. The molecule has 0 amide bonds. The molecular weight excluding hydrogens is 172 g/mol. The third-order valence-corrected chi connectivity index (χ3v) is 3.75. The standard InChI is InChI=1S/C13H14O/c14-12-8-7-10-6-5-9-3-1-2-4-11(9)13(10)12/h1-4,10,13H,5-8H2. The predicted molar refractivity (Wildman–Crippen MR) is 55.2 cm³/mol. The van der Waals surface area contributed by atoms with Gasteiger partial charge in [0.1, 0.15) is 5.78 Å². The highest BCUT2D eigenvalue weighted by atomic mass is 16.1. The van der Waals surface area contributed by atoms with Crippen LogP contribution in [0.1, 0.15) is 36.3 Å². The highest BCUT2D eigenvalue weighted by Crippen LogP contribution is 2.44. The molecular formula is C13H14O. The highest BCUT2D eigenvalue weighted by molar-refractivity contribution is 5.88. The van der Waals surface area contributed by atoms with E-state index in [0.29, 0.717) is 11.7 Å². The molecule has 2 aliphatic carbocycles. The molecule has 1 nitrogen and oxygen atoms in total. The van der Waals surface area contributed by atoms with Crippen LogP contribution in [0, 0.1) is 5.92 Å². The summed E-state index contributed by atoms with van der Waals surface area (Å²) in [5.41, 5.74) is 2.73. The van der Waals surface area contributed by atoms with Gasteiger partial charge in [-0.15, -0.1) is 0 Å². The van der Waals surface area contributed by atoms with Gasteiger partial charge < -0.3 is 0 Å². The lowest BCUT2D eigenvalue weighted by molar-refractivity contribution is -0.119. The first-order valence-electron chi connectivity index (χ1n) is 5.47. The van der Waals surface area contributed by atoms with Gasteiger partial charge >= 0.3 is 0 Å². The monoisotopic (exact) mass is 186 g/mol. The summed E-state index contributed by atoms with van der Waals surface area (Å²) >= 11 is 0. The second-order valence-corrected chi connectivity index (χ2v) is 4.48. The lowest BCUT2D eigenvalue weighted by Crippen LogP contribution is -2.19. The first kappa shape index (κ1) is 8.22. The Morgan fingerprint density at radius 2 is 1.86 bits per heavy atom. The van der Waals surface area contributed by atoms with Crippen molar-refractivity contribution in [3.8, 4) is 0 Å². The summed E-state index contributed by atoms with van der Waals surface area (Å²) in [6.45, 7) is 0. The van der Waals surface area contributed by atoms with Gasteiger partial charge in [0.25, 0.3) is 0 Å². The molecule has 0 spiro atoms. The Labute approximate surface area is 84.1 Å². The summed E-state index contributed by atoms with van der Waals surface area (Å²) in [5.74, 6) is 1.37. The molecule has 1 fully saturated rings. The normalized spacial score (nSPS) is 29.9. The molecule has 0 saturated heterocycles. The van der Waals surface area contributed by atoms with Crippen molar-refractivity contribution in [1.29, 1.82) is 0 Å². The summed E-state index contributed by atoms with van der Waals surface area (Å²) in [4.78, 5) is 11.8. The lowest BCUT2D eigenvalue weighted by Gasteiger charge is -2.26. The molecule has 2 unspecified atom stereocenters. The molecule has 3 rings (SSSR count). The molecule has 2 atom stereocenters. The number of rotatable bonds is 0. The van der Waals surface area contributed by atoms with Gasteiger partial charge in [0.2, 0.25) is 0 Å². The van der Waals surface area contributed by atoms with Crippen LogP contribution in [0.2, 0.25) is 0 Å². The zero-order chi connectivity index (χ0) is 9.54. The summed E-state index contributed by atoms with van der Waals surface area (Å²) in [6.07, 6.45) is 4.32. The van der Waals surface area contributed by atoms with Gasteiger partial charge in [-0.05, 0) is 36.3 Å². The third kappa shape index (κ3) is 1.05. The van der Waals surface area contributed by atoms with Crippen molar-refractivity contribution in [2.24, 2.45) is 5.92 Å². The smallest absolute Gasteiger partial charge is 0.140 e. The van der Waals surface area contributed by atoms with Gasteiger partial charge in [-0.3, -0.25) is 4.79 Å². The maximum atomic E-state index is 11.8. The van der Waals surface area contributed by atoms with Crippen LogP contribution in [0.4, 0.5) is 0 Å². The van der Waals surface area contributed by atoms with Crippen LogP contribution in [0.3, 0.4) is 0 Å². The van der Waals surface area contributed by atoms with Crippen LogP contribution in [-0.4, -0.2) is 5.78 Å². The number of hydrogen-bond acceptors (Lipinski definition) is 1. The van der Waals surface area contributed by atoms with E-state index in [9.17, 15) is 4.79 Å². The van der Waals surface area contributed by atoms with Crippen LogP contribution in [0.5, 0.6) is 0 Å². The molecule has 0 aromatic heterocycles. The fourth-order valence-corrected chi connectivity index (χ4v) is 3.06. The lowest BCUT2D eigenvalue weighted by atomic mass is 9.77. The van der Waals surface area contributed by atoms with Gasteiger partial charge in [0.05, 0.1) is 0 Å². The number of hydrogen-bond donors (Lipinski definition) is 0. The van der Waals surface area contributed by atoms with Gasteiger partial charge in [-0.2, -0.15) is 0 Å². The van der Waals surface area contributed by atoms with Crippen molar-refractivity contribution in [1.82, 2.24) is 0 Å². The van der Waals surface area contributed by atoms with Crippen LogP contribution in [-0.2, 0) is 11.2 Å². The van der Waals surface area contributed by atoms with Crippen molar-refractivity contribution in [3.63, 3.8) is 0 Å². The summed E-state index contributed by atoms with van der Waals surface area (Å²) in [6, 6.07) is 8.47. The van der Waals surface area contributed by atoms with E-state index in [4.69, 9.17) is 0 Å². The van der Waals surface area contributed by atoms with E-state index in [0.717, 1.165) is 12.8 Å². The minimum atomic E-state index is 0.250. The molecule has 0 bridgehead atoms. The third-order valence-electron chi connectivity index (χ3n) is 3.75. The first-order chi connectivity index (χ1) is 6.86. The molecule has 1 saturated carbocycles. The quantitative estimate of drug-likeness (QED) is 0.609. The van der Waals surface area contributed by atoms with E-state index < -0.39 is 0 Å². The van der Waals surface area contributed by atoms with Crippen LogP contribution >= 0.6 is 0 Å². The molecule has 1 aromatic rings. The molecule has 2 aliphatic rings. The molecule has 1 heteroatoms. The molecule has 0 aliphatic heterocycles. The predicted octanol–water partition coefficient (Wildman–Crippen LogP) is 2.70. The van der Waals surface area contributed by atoms with E-state index in [1.165, 1.54) is 24.0 Å². The topological polar surface area (TPSA) is 17.1 Å². The largest absolute Gasteiger partial charge is 0.299 e. The Bertz CT molecular complexity index is 381. The van der Waals surface area contributed by atoms with Gasteiger partial charge in [0.15, 0.2) is 0 Å². The van der Waals surface area contributed by atoms with E-state index in [-0.39, 0.29) is 5.92 Å². The van der Waals surface area contributed by atoms with Crippen molar-refractivity contribution < 1.29 is 4.79 Å². The minimum Gasteiger partial charge on any atom is -0.299 e. The number of benzene rings is 1. The SMILES string of the molecule is O=C1CCC2CCc3ccccc3C12. The van der Waals surface area contributed by atoms with Gasteiger partial charge in [-0.1, -0.05) is 24.3 Å².